The lowest BCUT2D eigenvalue weighted by Gasteiger charge is -2.40. The highest BCUT2D eigenvalue weighted by Gasteiger charge is 2.39. The van der Waals surface area contributed by atoms with Crippen molar-refractivity contribution in [2.24, 2.45) is 0 Å². The van der Waals surface area contributed by atoms with Gasteiger partial charge in [0.1, 0.15) is 17.7 Å². The van der Waals surface area contributed by atoms with Crippen LogP contribution in [0.4, 0.5) is 13.6 Å². The van der Waals surface area contributed by atoms with Crippen LogP contribution in [-0.4, -0.2) is 58.6 Å². The molecule has 0 spiro atoms. The second-order valence-corrected chi connectivity index (χ2v) is 9.35. The fraction of sp³-hybridized carbons (Fsp3) is 0.444. The highest BCUT2D eigenvalue weighted by atomic mass is 32.2. The Hall–Kier alpha value is -2.57. The number of ether oxygens (including phenoxy) is 1. The number of carbonyl (C=O) groups is 1. The summed E-state index contributed by atoms with van der Waals surface area (Å²) in [6.45, 7) is 0.983. The van der Waals surface area contributed by atoms with Crippen LogP contribution in [-0.2, 0) is 27.8 Å². The Bertz CT molecular complexity index is 1070. The van der Waals surface area contributed by atoms with E-state index < -0.39 is 39.9 Å². The van der Waals surface area contributed by atoms with Gasteiger partial charge in [-0.3, -0.25) is 4.90 Å². The number of carboxylic acid groups (broad SMARTS) is 1. The molecule has 1 fully saturated rings. The monoisotopic (exact) mass is 442 g/mol. The Labute approximate surface area is 171 Å². The van der Waals surface area contributed by atoms with Crippen molar-refractivity contribution >= 4 is 16.1 Å². The number of aromatic nitrogens is 2. The maximum absolute atomic E-state index is 14.2. The summed E-state index contributed by atoms with van der Waals surface area (Å²) in [6, 6.07) is 1.98. The summed E-state index contributed by atoms with van der Waals surface area (Å²) in [7, 11) is -3.47. The standard InChI is InChI=1S/C18H20F2N4O5S/c1-30(27,28)24-7-10-6-23(8-16(10)22-24)12-5-15(21-18(25)26)17(29-9-12)13-4-11(19)2-3-14(13)20/h2-4,7,12,15,17,21H,5-6,8-9H2,1H3,(H,25,26)/t12-,15+,17+/m1/s1. The average molecular weight is 442 g/mol. The zero-order valence-corrected chi connectivity index (χ0v) is 16.8. The molecule has 3 atom stereocenters. The molecule has 0 aliphatic carbocycles. The molecular formula is C18H20F2N4O5S. The van der Waals surface area contributed by atoms with E-state index >= 15 is 0 Å². The number of hydrogen-bond acceptors (Lipinski definition) is 6. The fourth-order valence-electron chi connectivity index (χ4n) is 3.98. The van der Waals surface area contributed by atoms with Crippen molar-refractivity contribution in [1.82, 2.24) is 19.4 Å². The molecule has 2 aliphatic heterocycles. The maximum atomic E-state index is 14.2. The summed E-state index contributed by atoms with van der Waals surface area (Å²) in [5.74, 6) is -1.31. The third kappa shape index (κ3) is 4.02. The van der Waals surface area contributed by atoms with E-state index in [9.17, 15) is 27.1 Å². The van der Waals surface area contributed by atoms with Gasteiger partial charge in [0, 0.05) is 36.5 Å². The van der Waals surface area contributed by atoms with Gasteiger partial charge in [-0.1, -0.05) is 0 Å². The molecular weight excluding hydrogens is 422 g/mol. The molecule has 2 aromatic rings. The van der Waals surface area contributed by atoms with E-state index in [1.165, 1.54) is 6.20 Å². The summed E-state index contributed by atoms with van der Waals surface area (Å²) in [5.41, 5.74) is 1.35. The molecule has 9 nitrogen and oxygen atoms in total. The second-order valence-electron chi connectivity index (χ2n) is 7.51. The van der Waals surface area contributed by atoms with Gasteiger partial charge < -0.3 is 15.2 Å². The number of fused-ring (bicyclic) bond motifs is 1. The van der Waals surface area contributed by atoms with Gasteiger partial charge in [0.05, 0.1) is 24.6 Å². The molecule has 1 saturated heterocycles. The predicted octanol–water partition coefficient (Wildman–Crippen LogP) is 1.45. The first-order valence-electron chi connectivity index (χ1n) is 9.20. The van der Waals surface area contributed by atoms with E-state index in [1.54, 1.807) is 0 Å². The highest BCUT2D eigenvalue weighted by molar-refractivity contribution is 7.89. The van der Waals surface area contributed by atoms with Gasteiger partial charge in [-0.2, -0.15) is 9.19 Å². The number of hydrogen-bond donors (Lipinski definition) is 2. The Kier molecular flexibility index (Phi) is 5.24. The van der Waals surface area contributed by atoms with Gasteiger partial charge >= 0.3 is 6.09 Å². The van der Waals surface area contributed by atoms with Crippen molar-refractivity contribution in [3.8, 4) is 0 Å². The normalized spacial score (nSPS) is 24.6. The van der Waals surface area contributed by atoms with E-state index in [0.29, 0.717) is 25.2 Å². The number of nitrogens with zero attached hydrogens (tertiary/aromatic N) is 3. The molecule has 4 rings (SSSR count). The lowest BCUT2D eigenvalue weighted by molar-refractivity contribution is -0.0602. The van der Waals surface area contributed by atoms with Gasteiger partial charge in [0.2, 0.25) is 0 Å². The van der Waals surface area contributed by atoms with E-state index in [2.05, 4.69) is 10.4 Å². The van der Waals surface area contributed by atoms with Crippen LogP contribution in [0, 0.1) is 11.6 Å². The molecule has 162 valence electrons. The third-order valence-corrected chi connectivity index (χ3v) is 6.24. The molecule has 0 radical (unpaired) electrons. The van der Waals surface area contributed by atoms with E-state index in [1.807, 2.05) is 4.90 Å². The summed E-state index contributed by atoms with van der Waals surface area (Å²) < 4.78 is 57.9. The van der Waals surface area contributed by atoms with Crippen LogP contribution in [0.1, 0.15) is 29.3 Å². The smallest absolute Gasteiger partial charge is 0.404 e. The van der Waals surface area contributed by atoms with Crippen LogP contribution in [0.15, 0.2) is 24.4 Å². The minimum atomic E-state index is -3.47. The van der Waals surface area contributed by atoms with Crippen molar-refractivity contribution in [1.29, 1.82) is 0 Å². The first kappa shape index (κ1) is 20.7. The van der Waals surface area contributed by atoms with Crippen molar-refractivity contribution in [2.75, 3.05) is 12.9 Å². The van der Waals surface area contributed by atoms with Crippen LogP contribution in [0.5, 0.6) is 0 Å². The number of nitrogens with one attached hydrogen (secondary N) is 1. The SMILES string of the molecule is CS(=O)(=O)n1cc2c(n1)CN([C@H]1CO[C@@H](c3cc(F)ccc3F)[C@@H](NC(=O)O)C1)C2. The second kappa shape index (κ2) is 7.60. The van der Waals surface area contributed by atoms with Crippen molar-refractivity contribution in [3.05, 3.63) is 52.9 Å². The lowest BCUT2D eigenvalue weighted by Crippen LogP contribution is -2.51. The zero-order valence-electron chi connectivity index (χ0n) is 16.0. The first-order valence-corrected chi connectivity index (χ1v) is 11.0. The van der Waals surface area contributed by atoms with Crippen LogP contribution in [0.25, 0.3) is 0 Å². The molecule has 12 heteroatoms. The Morgan fingerprint density at radius 3 is 2.77 bits per heavy atom. The Morgan fingerprint density at radius 2 is 2.10 bits per heavy atom. The van der Waals surface area contributed by atoms with Crippen LogP contribution >= 0.6 is 0 Å². The summed E-state index contributed by atoms with van der Waals surface area (Å²) >= 11 is 0. The number of halogens is 2. The molecule has 0 bridgehead atoms. The average Bonchev–Trinajstić information content (AvgIpc) is 3.22. The largest absolute Gasteiger partial charge is 0.465 e. The van der Waals surface area contributed by atoms with E-state index in [-0.39, 0.29) is 18.2 Å². The van der Waals surface area contributed by atoms with Gasteiger partial charge in [-0.15, -0.1) is 0 Å². The molecule has 2 aliphatic rings. The summed E-state index contributed by atoms with van der Waals surface area (Å²) in [5, 5.41) is 15.7. The highest BCUT2D eigenvalue weighted by Crippen LogP contribution is 2.35. The molecule has 1 aromatic heterocycles. The quantitative estimate of drug-likeness (QED) is 0.737. The van der Waals surface area contributed by atoms with Gasteiger partial charge in [0.25, 0.3) is 10.0 Å². The van der Waals surface area contributed by atoms with E-state index in [4.69, 9.17) is 4.74 Å². The number of benzene rings is 1. The van der Waals surface area contributed by atoms with Crippen LogP contribution in [0.3, 0.4) is 0 Å². The van der Waals surface area contributed by atoms with E-state index in [0.717, 1.165) is 34.1 Å². The summed E-state index contributed by atoms with van der Waals surface area (Å²) in [4.78, 5) is 13.3. The maximum Gasteiger partial charge on any atom is 0.404 e. The molecule has 0 unspecified atom stereocenters. The lowest BCUT2D eigenvalue weighted by atomic mass is 9.92. The minimum Gasteiger partial charge on any atom is -0.465 e. The van der Waals surface area contributed by atoms with Crippen molar-refractivity contribution in [2.45, 2.75) is 37.7 Å². The minimum absolute atomic E-state index is 0.0404. The third-order valence-electron chi connectivity index (χ3n) is 5.37. The summed E-state index contributed by atoms with van der Waals surface area (Å²) in [6.07, 6.45) is 0.582. The molecule has 30 heavy (non-hydrogen) atoms. The molecule has 1 amide bonds. The fourth-order valence-corrected chi connectivity index (χ4v) is 4.55. The Morgan fingerprint density at radius 1 is 1.33 bits per heavy atom. The predicted molar refractivity (Wildman–Crippen MR) is 100 cm³/mol. The van der Waals surface area contributed by atoms with Crippen LogP contribution < -0.4 is 5.32 Å². The van der Waals surface area contributed by atoms with Gasteiger partial charge in [0.15, 0.2) is 0 Å². The molecule has 1 aromatic carbocycles. The van der Waals surface area contributed by atoms with Gasteiger partial charge in [-0.25, -0.2) is 22.0 Å². The molecule has 2 N–H and O–H groups in total. The van der Waals surface area contributed by atoms with Crippen molar-refractivity contribution in [3.63, 3.8) is 0 Å². The number of rotatable bonds is 4. The topological polar surface area (TPSA) is 114 Å². The Balaban J connectivity index is 1.51. The number of amides is 1. The zero-order chi connectivity index (χ0) is 21.6. The first-order chi connectivity index (χ1) is 14.1. The van der Waals surface area contributed by atoms with Crippen LogP contribution in [0.2, 0.25) is 0 Å². The molecule has 0 saturated carbocycles. The molecule has 3 heterocycles. The van der Waals surface area contributed by atoms with Gasteiger partial charge in [-0.05, 0) is 24.6 Å². The van der Waals surface area contributed by atoms with Crippen molar-refractivity contribution < 1.29 is 31.8 Å².